The summed E-state index contributed by atoms with van der Waals surface area (Å²) in [4.78, 5) is 2.47. The molecule has 0 bridgehead atoms. The minimum Gasteiger partial charge on any atom is -0.314 e. The molecule has 5 nitrogen and oxygen atoms in total. The predicted molar refractivity (Wildman–Crippen MR) is 72.5 cm³/mol. The molecule has 0 radical (unpaired) electrons. The molecule has 0 amide bonds. The second-order valence-corrected chi connectivity index (χ2v) is 6.30. The molecule has 0 atom stereocenters. The van der Waals surface area contributed by atoms with Crippen LogP contribution < -0.4 is 5.32 Å². The Bertz CT molecular complexity index is 360. The molecule has 1 saturated heterocycles. The van der Waals surface area contributed by atoms with Crippen molar-refractivity contribution < 1.29 is 0 Å². The van der Waals surface area contributed by atoms with Crippen LogP contribution in [0.5, 0.6) is 0 Å². The van der Waals surface area contributed by atoms with E-state index in [0.717, 1.165) is 51.4 Å². The SMILES string of the molecule is CC(C)(C)Cc1cn(CCN2CCNCC2)nn1. The topological polar surface area (TPSA) is 46.0 Å². The molecule has 102 valence electrons. The van der Waals surface area contributed by atoms with E-state index >= 15 is 0 Å². The van der Waals surface area contributed by atoms with Crippen molar-refractivity contribution in [3.63, 3.8) is 0 Å². The maximum Gasteiger partial charge on any atom is 0.0832 e. The summed E-state index contributed by atoms with van der Waals surface area (Å²) >= 11 is 0. The van der Waals surface area contributed by atoms with Crippen molar-refractivity contribution in [2.24, 2.45) is 5.41 Å². The van der Waals surface area contributed by atoms with E-state index in [0.29, 0.717) is 0 Å². The molecular formula is C13H25N5. The van der Waals surface area contributed by atoms with Crippen LogP contribution in [0.4, 0.5) is 0 Å². The van der Waals surface area contributed by atoms with Gasteiger partial charge in [0, 0.05) is 38.9 Å². The second-order valence-electron chi connectivity index (χ2n) is 6.30. The number of piperazine rings is 1. The summed E-state index contributed by atoms with van der Waals surface area (Å²) in [6, 6.07) is 0. The first-order valence-corrected chi connectivity index (χ1v) is 6.85. The lowest BCUT2D eigenvalue weighted by molar-refractivity contribution is 0.228. The Hall–Kier alpha value is -0.940. The summed E-state index contributed by atoms with van der Waals surface area (Å²) in [6.07, 6.45) is 3.08. The first-order valence-electron chi connectivity index (χ1n) is 6.85. The van der Waals surface area contributed by atoms with E-state index in [2.05, 4.69) is 47.5 Å². The largest absolute Gasteiger partial charge is 0.314 e. The summed E-state index contributed by atoms with van der Waals surface area (Å²) < 4.78 is 1.98. The predicted octanol–water partition coefficient (Wildman–Crippen LogP) is 0.772. The summed E-state index contributed by atoms with van der Waals surface area (Å²) in [5.41, 5.74) is 1.38. The summed E-state index contributed by atoms with van der Waals surface area (Å²) in [6.45, 7) is 13.2. The number of hydrogen-bond acceptors (Lipinski definition) is 4. The van der Waals surface area contributed by atoms with Gasteiger partial charge >= 0.3 is 0 Å². The fourth-order valence-corrected chi connectivity index (χ4v) is 2.25. The lowest BCUT2D eigenvalue weighted by atomic mass is 9.91. The third-order valence-electron chi connectivity index (χ3n) is 3.15. The highest BCUT2D eigenvalue weighted by atomic mass is 15.4. The van der Waals surface area contributed by atoms with Crippen molar-refractivity contribution in [1.29, 1.82) is 0 Å². The highest BCUT2D eigenvalue weighted by molar-refractivity contribution is 4.95. The molecule has 0 aromatic carbocycles. The monoisotopic (exact) mass is 251 g/mol. The molecule has 0 saturated carbocycles. The normalized spacial score (nSPS) is 18.2. The Balaban J connectivity index is 1.79. The Morgan fingerprint density at radius 2 is 1.94 bits per heavy atom. The second kappa shape index (κ2) is 5.80. The quantitative estimate of drug-likeness (QED) is 0.859. The van der Waals surface area contributed by atoms with Crippen LogP contribution in [0.3, 0.4) is 0 Å². The van der Waals surface area contributed by atoms with Gasteiger partial charge in [-0.25, -0.2) is 0 Å². The van der Waals surface area contributed by atoms with Crippen molar-refractivity contribution in [2.75, 3.05) is 32.7 Å². The summed E-state index contributed by atoms with van der Waals surface area (Å²) in [7, 11) is 0. The van der Waals surface area contributed by atoms with Crippen LogP contribution in [0.25, 0.3) is 0 Å². The third kappa shape index (κ3) is 4.38. The van der Waals surface area contributed by atoms with Crippen molar-refractivity contribution in [1.82, 2.24) is 25.2 Å². The van der Waals surface area contributed by atoms with Crippen molar-refractivity contribution >= 4 is 0 Å². The first-order chi connectivity index (χ1) is 8.53. The van der Waals surface area contributed by atoms with Gasteiger partial charge in [0.15, 0.2) is 0 Å². The van der Waals surface area contributed by atoms with Crippen LogP contribution in [-0.4, -0.2) is 52.6 Å². The van der Waals surface area contributed by atoms with Gasteiger partial charge < -0.3 is 5.32 Å². The van der Waals surface area contributed by atoms with Gasteiger partial charge in [0.05, 0.1) is 12.2 Å². The van der Waals surface area contributed by atoms with E-state index < -0.39 is 0 Å². The van der Waals surface area contributed by atoms with Gasteiger partial charge in [-0.2, -0.15) is 0 Å². The van der Waals surface area contributed by atoms with Crippen LogP contribution in [0, 0.1) is 5.41 Å². The van der Waals surface area contributed by atoms with Crippen LogP contribution in [0.1, 0.15) is 26.5 Å². The van der Waals surface area contributed by atoms with Gasteiger partial charge in [-0.15, -0.1) is 5.10 Å². The van der Waals surface area contributed by atoms with Gasteiger partial charge in [0.2, 0.25) is 0 Å². The minimum atomic E-state index is 0.277. The molecule has 1 fully saturated rings. The number of aromatic nitrogens is 3. The number of nitrogens with one attached hydrogen (secondary N) is 1. The maximum atomic E-state index is 4.25. The number of rotatable bonds is 4. The van der Waals surface area contributed by atoms with E-state index in [1.165, 1.54) is 0 Å². The maximum absolute atomic E-state index is 4.25. The average molecular weight is 251 g/mol. The molecule has 0 spiro atoms. The zero-order valence-electron chi connectivity index (χ0n) is 11.8. The van der Waals surface area contributed by atoms with Gasteiger partial charge in [-0.3, -0.25) is 9.58 Å². The highest BCUT2D eigenvalue weighted by Gasteiger charge is 2.14. The summed E-state index contributed by atoms with van der Waals surface area (Å²) in [5, 5.41) is 11.8. The van der Waals surface area contributed by atoms with Gasteiger partial charge in [0.1, 0.15) is 0 Å². The molecule has 18 heavy (non-hydrogen) atoms. The van der Waals surface area contributed by atoms with Gasteiger partial charge in [-0.1, -0.05) is 26.0 Å². The molecule has 1 aromatic rings. The first kappa shape index (κ1) is 13.5. The van der Waals surface area contributed by atoms with Crippen LogP contribution in [0.15, 0.2) is 6.20 Å². The zero-order valence-corrected chi connectivity index (χ0v) is 11.8. The van der Waals surface area contributed by atoms with E-state index in [9.17, 15) is 0 Å². The molecule has 0 unspecified atom stereocenters. The van der Waals surface area contributed by atoms with Crippen LogP contribution >= 0.6 is 0 Å². The minimum absolute atomic E-state index is 0.277. The third-order valence-corrected chi connectivity index (χ3v) is 3.15. The van der Waals surface area contributed by atoms with Crippen LogP contribution in [0.2, 0.25) is 0 Å². The summed E-state index contributed by atoms with van der Waals surface area (Å²) in [5.74, 6) is 0. The molecule has 2 rings (SSSR count). The molecule has 5 heteroatoms. The number of hydrogen-bond donors (Lipinski definition) is 1. The van der Waals surface area contributed by atoms with E-state index in [1.807, 2.05) is 4.68 Å². The molecule has 0 aliphatic carbocycles. The van der Waals surface area contributed by atoms with E-state index in [-0.39, 0.29) is 5.41 Å². The van der Waals surface area contributed by atoms with Gasteiger partial charge in [-0.05, 0) is 11.8 Å². The Morgan fingerprint density at radius 1 is 1.22 bits per heavy atom. The molecule has 1 aliphatic heterocycles. The fourth-order valence-electron chi connectivity index (χ4n) is 2.25. The van der Waals surface area contributed by atoms with Crippen molar-refractivity contribution in [2.45, 2.75) is 33.7 Å². The van der Waals surface area contributed by atoms with Crippen LogP contribution in [-0.2, 0) is 13.0 Å². The lowest BCUT2D eigenvalue weighted by Crippen LogP contribution is -2.44. The molecular weight excluding hydrogens is 226 g/mol. The molecule has 1 aromatic heterocycles. The van der Waals surface area contributed by atoms with E-state index in [1.54, 1.807) is 0 Å². The Labute approximate surface area is 110 Å². The average Bonchev–Trinajstić information content (AvgIpc) is 2.73. The molecule has 1 N–H and O–H groups in total. The highest BCUT2D eigenvalue weighted by Crippen LogP contribution is 2.18. The Morgan fingerprint density at radius 3 is 2.61 bits per heavy atom. The Kier molecular flexibility index (Phi) is 4.35. The standard InChI is InChI=1S/C13H25N5/c1-13(2,3)10-12-11-18(16-15-12)9-8-17-6-4-14-5-7-17/h11,14H,4-10H2,1-3H3. The molecule has 1 aliphatic rings. The van der Waals surface area contributed by atoms with E-state index in [4.69, 9.17) is 0 Å². The fraction of sp³-hybridized carbons (Fsp3) is 0.846. The van der Waals surface area contributed by atoms with Crippen molar-refractivity contribution in [3.8, 4) is 0 Å². The molecule has 2 heterocycles. The number of nitrogens with zero attached hydrogens (tertiary/aromatic N) is 4. The van der Waals surface area contributed by atoms with Crippen molar-refractivity contribution in [3.05, 3.63) is 11.9 Å². The lowest BCUT2D eigenvalue weighted by Gasteiger charge is -2.26. The smallest absolute Gasteiger partial charge is 0.0832 e. The zero-order chi connectivity index (χ0) is 13.0. The van der Waals surface area contributed by atoms with Gasteiger partial charge in [0.25, 0.3) is 0 Å².